The van der Waals surface area contributed by atoms with Gasteiger partial charge in [0, 0.05) is 35.7 Å². The summed E-state index contributed by atoms with van der Waals surface area (Å²) >= 11 is 3.60. The predicted molar refractivity (Wildman–Crippen MR) is 74.0 cm³/mol. The lowest BCUT2D eigenvalue weighted by Crippen LogP contribution is -2.19. The van der Waals surface area contributed by atoms with Crippen LogP contribution in [0.15, 0.2) is 22.9 Å². The molecule has 1 saturated carbocycles. The molecule has 90 valence electrons. The van der Waals surface area contributed by atoms with Gasteiger partial charge in [-0.05, 0) is 24.3 Å². The van der Waals surface area contributed by atoms with Crippen molar-refractivity contribution < 1.29 is 0 Å². The quantitative estimate of drug-likeness (QED) is 0.867. The Kier molecular flexibility index (Phi) is 3.54. The monoisotopic (exact) mass is 264 g/mol. The maximum Gasteiger partial charge on any atom is 0.0980 e. The molecular formula is C13H16N2S2. The first-order chi connectivity index (χ1) is 8.40. The molecule has 0 atom stereocenters. The third-order valence-electron chi connectivity index (χ3n) is 2.90. The second kappa shape index (κ2) is 5.29. The van der Waals surface area contributed by atoms with E-state index in [9.17, 15) is 0 Å². The van der Waals surface area contributed by atoms with E-state index in [1.54, 1.807) is 11.3 Å². The SMILES string of the molecule is c1csc(Cc2nc(CCNC3CC3)cs2)c1. The van der Waals surface area contributed by atoms with Crippen LogP contribution in [0, 0.1) is 0 Å². The number of nitrogens with one attached hydrogen (secondary N) is 1. The van der Waals surface area contributed by atoms with Gasteiger partial charge in [0.1, 0.15) is 0 Å². The molecule has 2 heterocycles. The minimum atomic E-state index is 0.805. The van der Waals surface area contributed by atoms with Gasteiger partial charge in [0.15, 0.2) is 0 Å². The number of nitrogens with zero attached hydrogens (tertiary/aromatic N) is 1. The van der Waals surface area contributed by atoms with E-state index in [2.05, 4.69) is 33.2 Å². The topological polar surface area (TPSA) is 24.9 Å². The minimum absolute atomic E-state index is 0.805. The molecule has 1 N–H and O–H groups in total. The molecule has 1 fully saturated rings. The number of rotatable bonds is 6. The molecule has 0 amide bonds. The zero-order valence-electron chi connectivity index (χ0n) is 9.69. The molecule has 0 unspecified atom stereocenters. The maximum atomic E-state index is 4.69. The molecule has 0 bridgehead atoms. The molecule has 0 spiro atoms. The molecular weight excluding hydrogens is 248 g/mol. The minimum Gasteiger partial charge on any atom is -0.314 e. The summed E-state index contributed by atoms with van der Waals surface area (Å²) in [5, 5.41) is 9.11. The van der Waals surface area contributed by atoms with Gasteiger partial charge < -0.3 is 5.32 Å². The molecule has 2 aromatic heterocycles. The highest BCUT2D eigenvalue weighted by Gasteiger charge is 2.19. The van der Waals surface area contributed by atoms with Crippen LogP contribution >= 0.6 is 22.7 Å². The molecule has 4 heteroatoms. The fourth-order valence-corrected chi connectivity index (χ4v) is 3.45. The van der Waals surface area contributed by atoms with Crippen LogP contribution in [0.3, 0.4) is 0 Å². The summed E-state index contributed by atoms with van der Waals surface area (Å²) in [7, 11) is 0. The van der Waals surface area contributed by atoms with Crippen molar-refractivity contribution in [2.45, 2.75) is 31.7 Å². The maximum absolute atomic E-state index is 4.69. The van der Waals surface area contributed by atoms with Crippen LogP contribution in [0.4, 0.5) is 0 Å². The average molecular weight is 264 g/mol. The Labute approximate surface area is 110 Å². The van der Waals surface area contributed by atoms with Gasteiger partial charge in [0.2, 0.25) is 0 Å². The van der Waals surface area contributed by atoms with Crippen LogP contribution < -0.4 is 5.32 Å². The van der Waals surface area contributed by atoms with E-state index in [-0.39, 0.29) is 0 Å². The summed E-state index contributed by atoms with van der Waals surface area (Å²) in [6.07, 6.45) is 4.79. The average Bonchev–Trinajstić information content (AvgIpc) is 2.83. The summed E-state index contributed by atoms with van der Waals surface area (Å²) in [4.78, 5) is 6.09. The van der Waals surface area contributed by atoms with Crippen molar-refractivity contribution in [2.75, 3.05) is 6.54 Å². The van der Waals surface area contributed by atoms with Gasteiger partial charge in [0.05, 0.1) is 10.7 Å². The van der Waals surface area contributed by atoms with Crippen LogP contribution in [0.5, 0.6) is 0 Å². The van der Waals surface area contributed by atoms with Crippen molar-refractivity contribution in [1.82, 2.24) is 10.3 Å². The Hall–Kier alpha value is -0.710. The van der Waals surface area contributed by atoms with Gasteiger partial charge in [-0.3, -0.25) is 0 Å². The Morgan fingerprint density at radius 2 is 2.29 bits per heavy atom. The van der Waals surface area contributed by atoms with E-state index < -0.39 is 0 Å². The highest BCUT2D eigenvalue weighted by Crippen LogP contribution is 2.20. The lowest BCUT2D eigenvalue weighted by molar-refractivity contribution is 0.676. The first-order valence-corrected chi connectivity index (χ1v) is 7.85. The Morgan fingerprint density at radius 1 is 1.35 bits per heavy atom. The highest BCUT2D eigenvalue weighted by molar-refractivity contribution is 7.11. The molecule has 0 saturated heterocycles. The second-order valence-electron chi connectivity index (χ2n) is 4.47. The number of thiophene rings is 1. The largest absolute Gasteiger partial charge is 0.314 e. The Morgan fingerprint density at radius 3 is 3.06 bits per heavy atom. The van der Waals surface area contributed by atoms with Crippen molar-refractivity contribution in [1.29, 1.82) is 0 Å². The number of hydrogen-bond acceptors (Lipinski definition) is 4. The summed E-state index contributed by atoms with van der Waals surface area (Å²) in [6, 6.07) is 5.09. The number of thiazole rings is 1. The first kappa shape index (κ1) is 11.4. The van der Waals surface area contributed by atoms with Gasteiger partial charge in [-0.15, -0.1) is 22.7 Å². The van der Waals surface area contributed by atoms with Gasteiger partial charge in [-0.1, -0.05) is 6.07 Å². The van der Waals surface area contributed by atoms with Crippen LogP contribution in [-0.2, 0) is 12.8 Å². The smallest absolute Gasteiger partial charge is 0.0980 e. The van der Waals surface area contributed by atoms with E-state index in [1.807, 2.05) is 11.3 Å². The van der Waals surface area contributed by atoms with Crippen LogP contribution in [0.25, 0.3) is 0 Å². The van der Waals surface area contributed by atoms with E-state index in [0.29, 0.717) is 0 Å². The molecule has 3 rings (SSSR count). The summed E-state index contributed by atoms with van der Waals surface area (Å²) < 4.78 is 0. The summed E-state index contributed by atoms with van der Waals surface area (Å²) in [5.41, 5.74) is 1.25. The zero-order chi connectivity index (χ0) is 11.5. The molecule has 2 nitrogen and oxygen atoms in total. The Bertz CT molecular complexity index is 457. The fourth-order valence-electron chi connectivity index (χ4n) is 1.80. The molecule has 0 aromatic carbocycles. The van der Waals surface area contributed by atoms with Gasteiger partial charge in [-0.25, -0.2) is 4.98 Å². The lowest BCUT2D eigenvalue weighted by atomic mass is 10.3. The molecule has 0 aliphatic heterocycles. The standard InChI is InChI=1S/C13H16N2S2/c1-2-12(16-7-1)8-13-15-11(9-17-13)5-6-14-10-3-4-10/h1-2,7,9-10,14H,3-6,8H2. The van der Waals surface area contributed by atoms with E-state index in [0.717, 1.165) is 25.4 Å². The highest BCUT2D eigenvalue weighted by atomic mass is 32.1. The molecule has 0 radical (unpaired) electrons. The van der Waals surface area contributed by atoms with E-state index >= 15 is 0 Å². The molecule has 1 aliphatic rings. The van der Waals surface area contributed by atoms with E-state index in [4.69, 9.17) is 0 Å². The summed E-state index contributed by atoms with van der Waals surface area (Å²) in [5.74, 6) is 0. The molecule has 1 aliphatic carbocycles. The van der Waals surface area contributed by atoms with Crippen molar-refractivity contribution in [2.24, 2.45) is 0 Å². The van der Waals surface area contributed by atoms with Crippen LogP contribution in [0.1, 0.15) is 28.4 Å². The first-order valence-electron chi connectivity index (χ1n) is 6.09. The third kappa shape index (κ3) is 3.37. The predicted octanol–water partition coefficient (Wildman–Crippen LogP) is 3.09. The molecule has 2 aromatic rings. The van der Waals surface area contributed by atoms with Gasteiger partial charge in [0.25, 0.3) is 0 Å². The molecule has 17 heavy (non-hydrogen) atoms. The van der Waals surface area contributed by atoms with Crippen molar-refractivity contribution in [3.05, 3.63) is 38.5 Å². The van der Waals surface area contributed by atoms with Gasteiger partial charge >= 0.3 is 0 Å². The second-order valence-corrected chi connectivity index (χ2v) is 6.44. The van der Waals surface area contributed by atoms with Crippen molar-refractivity contribution in [3.63, 3.8) is 0 Å². The normalized spacial score (nSPS) is 15.3. The third-order valence-corrected chi connectivity index (χ3v) is 4.67. The number of hydrogen-bond donors (Lipinski definition) is 1. The van der Waals surface area contributed by atoms with E-state index in [1.165, 1.54) is 28.4 Å². The zero-order valence-corrected chi connectivity index (χ0v) is 11.3. The summed E-state index contributed by atoms with van der Waals surface area (Å²) in [6.45, 7) is 1.08. The van der Waals surface area contributed by atoms with Crippen LogP contribution in [-0.4, -0.2) is 17.6 Å². The number of aromatic nitrogens is 1. The Balaban J connectivity index is 1.50. The van der Waals surface area contributed by atoms with Crippen molar-refractivity contribution >= 4 is 22.7 Å². The van der Waals surface area contributed by atoms with Crippen LogP contribution in [0.2, 0.25) is 0 Å². The van der Waals surface area contributed by atoms with Gasteiger partial charge in [-0.2, -0.15) is 0 Å². The lowest BCUT2D eigenvalue weighted by Gasteiger charge is -1.99. The fraction of sp³-hybridized carbons (Fsp3) is 0.462. The van der Waals surface area contributed by atoms with Crippen molar-refractivity contribution in [3.8, 4) is 0 Å².